The lowest BCUT2D eigenvalue weighted by molar-refractivity contribution is 0.671. The molecule has 0 amide bonds. The maximum absolute atomic E-state index is 7.06. The van der Waals surface area contributed by atoms with Crippen LogP contribution in [0, 0.1) is 0 Å². The van der Waals surface area contributed by atoms with Crippen LogP contribution in [0.3, 0.4) is 0 Å². The second kappa shape index (κ2) is 16.5. The lowest BCUT2D eigenvalue weighted by atomic mass is 9.98. The van der Waals surface area contributed by atoms with Crippen molar-refractivity contribution >= 4 is 60.3 Å². The molecule has 0 atom stereocenters. The predicted octanol–water partition coefficient (Wildman–Crippen LogP) is 16.2. The van der Waals surface area contributed by atoms with Gasteiger partial charge in [0, 0.05) is 49.3 Å². The predicted molar refractivity (Wildman–Crippen MR) is 284 cm³/mol. The number of benzene rings is 9. The summed E-state index contributed by atoms with van der Waals surface area (Å²) >= 11 is 0. The first kappa shape index (κ1) is 39.9. The first-order chi connectivity index (χ1) is 34.2. The molecule has 13 aromatic rings. The molecule has 0 fully saturated rings. The Morgan fingerprint density at radius 1 is 0.449 bits per heavy atom. The molecule has 0 N–H and O–H groups in total. The molecule has 6 heteroatoms. The molecule has 0 saturated heterocycles. The molecule has 9 aromatic carbocycles. The summed E-state index contributed by atoms with van der Waals surface area (Å²) < 4.78 is 11.7. The van der Waals surface area contributed by atoms with E-state index in [1.54, 1.807) is 0 Å². The van der Waals surface area contributed by atoms with E-state index >= 15 is 0 Å². The van der Waals surface area contributed by atoms with Gasteiger partial charge in [-0.3, -0.25) is 0 Å². The number of rotatable bonds is 9. The molecule has 0 radical (unpaired) electrons. The molecule has 4 aromatic heterocycles. The van der Waals surface area contributed by atoms with Crippen LogP contribution >= 0.6 is 0 Å². The van der Waals surface area contributed by atoms with Crippen molar-refractivity contribution in [1.82, 2.24) is 24.1 Å². The molecule has 0 aliphatic heterocycles. The minimum absolute atomic E-state index is 0.564. The van der Waals surface area contributed by atoms with Crippen LogP contribution in [0.2, 0.25) is 0 Å². The van der Waals surface area contributed by atoms with Gasteiger partial charge in [0.25, 0.3) is 0 Å². The number of para-hydroxylation sites is 3. The lowest BCUT2D eigenvalue weighted by Gasteiger charge is -2.17. The number of nitrogens with zero attached hydrogens (tertiary/aromatic N) is 5. The topological polar surface area (TPSA) is 61.7 Å². The monoisotopic (exact) mass is 883 g/mol. The van der Waals surface area contributed by atoms with Crippen molar-refractivity contribution in [2.75, 3.05) is 0 Å². The van der Waals surface area contributed by atoms with Crippen LogP contribution in [0.4, 0.5) is 0 Å². The third kappa shape index (κ3) is 6.77. The van der Waals surface area contributed by atoms with E-state index in [2.05, 4.69) is 198 Å². The number of hydrogen-bond donors (Lipinski definition) is 0. The highest BCUT2D eigenvalue weighted by atomic mass is 16.3. The van der Waals surface area contributed by atoms with Gasteiger partial charge in [0.1, 0.15) is 5.58 Å². The number of fused-ring (bicyclic) bond motifs is 8. The van der Waals surface area contributed by atoms with E-state index in [1.165, 1.54) is 21.9 Å². The van der Waals surface area contributed by atoms with Crippen LogP contribution in [0.1, 0.15) is 5.69 Å². The van der Waals surface area contributed by atoms with Crippen LogP contribution in [0.25, 0.3) is 122 Å². The quantitative estimate of drug-likeness (QED) is 0.136. The average Bonchev–Trinajstić information content (AvgIpc) is 4.11. The molecular weight excluding hydrogens is 843 g/mol. The molecule has 0 aliphatic rings. The van der Waals surface area contributed by atoms with Crippen LogP contribution < -0.4 is 0 Å². The van der Waals surface area contributed by atoms with Crippen molar-refractivity contribution in [1.29, 1.82) is 0 Å². The molecule has 0 unspecified atom stereocenters. The Balaban J connectivity index is 0.993. The van der Waals surface area contributed by atoms with E-state index in [1.807, 2.05) is 54.6 Å². The van der Waals surface area contributed by atoms with E-state index in [-0.39, 0.29) is 0 Å². The summed E-state index contributed by atoms with van der Waals surface area (Å²) in [6, 6.07) is 78.3. The fourth-order valence-corrected chi connectivity index (χ4v) is 10.0. The van der Waals surface area contributed by atoms with Crippen molar-refractivity contribution in [3.05, 3.63) is 249 Å². The summed E-state index contributed by atoms with van der Waals surface area (Å²) in [5, 5.41) is 5.33. The van der Waals surface area contributed by atoms with Crippen molar-refractivity contribution in [2.45, 2.75) is 0 Å². The van der Waals surface area contributed by atoms with Crippen molar-refractivity contribution in [2.24, 2.45) is 0 Å². The average molecular weight is 884 g/mol. The van der Waals surface area contributed by atoms with E-state index in [0.29, 0.717) is 17.5 Å². The van der Waals surface area contributed by atoms with Gasteiger partial charge in [-0.05, 0) is 76.9 Å². The Morgan fingerprint density at radius 3 is 1.65 bits per heavy atom. The Labute approximate surface area is 398 Å². The Hall–Kier alpha value is -9.39. The summed E-state index contributed by atoms with van der Waals surface area (Å²) in [6.07, 6.45) is 3.99. The van der Waals surface area contributed by atoms with Crippen molar-refractivity contribution in [3.8, 4) is 62.1 Å². The van der Waals surface area contributed by atoms with E-state index in [4.69, 9.17) is 19.4 Å². The third-order valence-corrected chi connectivity index (χ3v) is 13.2. The summed E-state index contributed by atoms with van der Waals surface area (Å²) in [7, 11) is 0. The van der Waals surface area contributed by atoms with Gasteiger partial charge in [0.05, 0.1) is 27.9 Å². The van der Waals surface area contributed by atoms with Gasteiger partial charge in [-0.25, -0.2) is 15.0 Å². The van der Waals surface area contributed by atoms with Gasteiger partial charge >= 0.3 is 0 Å². The zero-order valence-electron chi connectivity index (χ0n) is 37.4. The number of hydrogen-bond acceptors (Lipinski definition) is 4. The second-order valence-corrected chi connectivity index (χ2v) is 17.2. The first-order valence-corrected chi connectivity index (χ1v) is 23.1. The maximum Gasteiger partial charge on any atom is 0.164 e. The zero-order chi connectivity index (χ0) is 45.8. The molecule has 6 nitrogen and oxygen atoms in total. The van der Waals surface area contributed by atoms with E-state index in [9.17, 15) is 0 Å². The minimum atomic E-state index is 0.564. The highest BCUT2D eigenvalue weighted by Crippen LogP contribution is 2.43. The number of aromatic nitrogens is 5. The SMILES string of the molecule is C=C/C=C(\c1cc2ccc3c(oc4cccc(-c5nc(-c6ccccc6)nc(-c6ccc(-c7cccc(-c8ccccc8)c7)cc6)n5)c43)c2n1-c1ccccc1)n1c2ccccc2c2ccccc21. The Morgan fingerprint density at radius 2 is 0.986 bits per heavy atom. The normalized spacial score (nSPS) is 11.9. The zero-order valence-corrected chi connectivity index (χ0v) is 37.4. The Bertz CT molecular complexity index is 4070. The fourth-order valence-electron chi connectivity index (χ4n) is 10.0. The molecular formula is C63H41N5O. The Kier molecular flexibility index (Phi) is 9.54. The highest BCUT2D eigenvalue weighted by Gasteiger charge is 2.25. The summed E-state index contributed by atoms with van der Waals surface area (Å²) in [4.78, 5) is 15.6. The first-order valence-electron chi connectivity index (χ1n) is 23.1. The lowest BCUT2D eigenvalue weighted by Crippen LogP contribution is -2.05. The molecule has 0 aliphatic carbocycles. The molecule has 0 spiro atoms. The number of furan rings is 1. The largest absolute Gasteiger partial charge is 0.454 e. The van der Waals surface area contributed by atoms with E-state index < -0.39 is 0 Å². The van der Waals surface area contributed by atoms with Crippen LogP contribution in [0.15, 0.2) is 248 Å². The van der Waals surface area contributed by atoms with Gasteiger partial charge in [0.15, 0.2) is 23.1 Å². The van der Waals surface area contributed by atoms with Gasteiger partial charge in [-0.15, -0.1) is 0 Å². The standard InChI is InChI=1S/C63H41N5O/c1-2-18-55(68-53-30-14-12-27-49(53)50-28-13-15-31-54(50)68)56-40-47-37-38-51-58-52(29-17-32-57(58)69-60(51)59(47)67(56)48-25-10-5-11-26-48)63-65-61(43-21-8-4-9-22-43)64-62(66-63)44-35-33-42(34-36-44)46-24-16-23-45(39-46)41-19-6-3-7-20-41/h2-40H,1H2/b55-18+. The van der Waals surface area contributed by atoms with Crippen molar-refractivity contribution in [3.63, 3.8) is 0 Å². The maximum atomic E-state index is 7.06. The van der Waals surface area contributed by atoms with Crippen LogP contribution in [-0.4, -0.2) is 24.1 Å². The van der Waals surface area contributed by atoms with Crippen LogP contribution in [0.5, 0.6) is 0 Å². The smallest absolute Gasteiger partial charge is 0.164 e. The highest BCUT2D eigenvalue weighted by molar-refractivity contribution is 6.19. The van der Waals surface area contributed by atoms with Gasteiger partial charge in [-0.2, -0.15) is 0 Å². The van der Waals surface area contributed by atoms with Crippen LogP contribution in [-0.2, 0) is 0 Å². The third-order valence-electron chi connectivity index (χ3n) is 13.2. The fraction of sp³-hybridized carbons (Fsp3) is 0. The molecule has 0 bridgehead atoms. The van der Waals surface area contributed by atoms with Gasteiger partial charge in [0.2, 0.25) is 0 Å². The number of allylic oxidation sites excluding steroid dienone is 2. The van der Waals surface area contributed by atoms with Gasteiger partial charge in [-0.1, -0.05) is 189 Å². The minimum Gasteiger partial charge on any atom is -0.454 e. The van der Waals surface area contributed by atoms with Gasteiger partial charge < -0.3 is 13.6 Å². The van der Waals surface area contributed by atoms with Crippen molar-refractivity contribution < 1.29 is 4.42 Å². The molecule has 324 valence electrons. The molecule has 4 heterocycles. The van der Waals surface area contributed by atoms with E-state index in [0.717, 1.165) is 88.8 Å². The summed E-state index contributed by atoms with van der Waals surface area (Å²) in [5.41, 5.74) is 15.0. The molecule has 0 saturated carbocycles. The molecule has 69 heavy (non-hydrogen) atoms. The summed E-state index contributed by atoms with van der Waals surface area (Å²) in [6.45, 7) is 4.22. The molecule has 13 rings (SSSR count). The summed E-state index contributed by atoms with van der Waals surface area (Å²) in [5.74, 6) is 1.75. The second-order valence-electron chi connectivity index (χ2n) is 17.2.